The van der Waals surface area contributed by atoms with Crippen LogP contribution in [0.4, 0.5) is 0 Å². The van der Waals surface area contributed by atoms with Gasteiger partial charge < -0.3 is 21.3 Å². The van der Waals surface area contributed by atoms with Crippen LogP contribution in [0.25, 0.3) is 0 Å². The number of aromatic hydroxyl groups is 2. The maximum absolute atomic E-state index is 12.1. The van der Waals surface area contributed by atoms with Gasteiger partial charge in [-0.15, -0.1) is 0 Å². The van der Waals surface area contributed by atoms with Gasteiger partial charge in [-0.25, -0.2) is 0 Å². The molecule has 0 spiro atoms. The Labute approximate surface area is 113 Å². The van der Waals surface area contributed by atoms with Gasteiger partial charge in [0.05, 0.1) is 0 Å². The third-order valence-electron chi connectivity index (χ3n) is 2.96. The minimum atomic E-state index is -0.487. The normalized spacial score (nSPS) is 14.2. The molecule has 0 aromatic heterocycles. The van der Waals surface area contributed by atoms with Crippen molar-refractivity contribution in [3.05, 3.63) is 23.8 Å². The topological polar surface area (TPSA) is 95.6 Å². The van der Waals surface area contributed by atoms with E-state index in [4.69, 9.17) is 5.73 Å². The standard InChI is InChI=1S/C14H22N2O3/c1-9(2)7-14(3,8-15)16-13(19)10-4-5-11(17)12(18)6-10/h4-6,9,17-18H,7-8,15H2,1-3H3,(H,16,19). The van der Waals surface area contributed by atoms with Gasteiger partial charge in [0, 0.05) is 17.6 Å². The molecule has 0 aliphatic heterocycles. The van der Waals surface area contributed by atoms with Crippen LogP contribution in [0.3, 0.4) is 0 Å². The molecule has 19 heavy (non-hydrogen) atoms. The number of phenolic OH excluding ortho intramolecular Hbond substituents is 2. The highest BCUT2D eigenvalue weighted by Gasteiger charge is 2.26. The van der Waals surface area contributed by atoms with Crippen molar-refractivity contribution < 1.29 is 15.0 Å². The van der Waals surface area contributed by atoms with Gasteiger partial charge in [-0.2, -0.15) is 0 Å². The van der Waals surface area contributed by atoms with Crippen LogP contribution in [0.1, 0.15) is 37.6 Å². The fraction of sp³-hybridized carbons (Fsp3) is 0.500. The number of carbonyl (C=O) groups excluding carboxylic acids is 1. The zero-order chi connectivity index (χ0) is 14.6. The van der Waals surface area contributed by atoms with Crippen molar-refractivity contribution in [1.29, 1.82) is 0 Å². The summed E-state index contributed by atoms with van der Waals surface area (Å²) in [5.41, 5.74) is 5.53. The van der Waals surface area contributed by atoms with E-state index >= 15 is 0 Å². The minimum Gasteiger partial charge on any atom is -0.504 e. The molecule has 0 bridgehead atoms. The Morgan fingerprint density at radius 2 is 2.00 bits per heavy atom. The van der Waals surface area contributed by atoms with Crippen molar-refractivity contribution in [2.75, 3.05) is 6.54 Å². The summed E-state index contributed by atoms with van der Waals surface area (Å²) in [7, 11) is 0. The predicted molar refractivity (Wildman–Crippen MR) is 74.2 cm³/mol. The predicted octanol–water partition coefficient (Wildman–Crippen LogP) is 1.59. The number of carbonyl (C=O) groups is 1. The van der Waals surface area contributed by atoms with Gasteiger partial charge in [0.15, 0.2) is 11.5 Å². The number of hydrogen-bond donors (Lipinski definition) is 4. The quantitative estimate of drug-likeness (QED) is 0.609. The van der Waals surface area contributed by atoms with Gasteiger partial charge in [-0.1, -0.05) is 13.8 Å². The van der Waals surface area contributed by atoms with Crippen LogP contribution >= 0.6 is 0 Å². The molecule has 0 aliphatic rings. The maximum Gasteiger partial charge on any atom is 0.251 e. The van der Waals surface area contributed by atoms with Crippen molar-refractivity contribution >= 4 is 5.91 Å². The number of phenols is 2. The summed E-state index contributed by atoms with van der Waals surface area (Å²) in [6.07, 6.45) is 0.763. The second-order valence-electron chi connectivity index (χ2n) is 5.52. The highest BCUT2D eigenvalue weighted by Crippen LogP contribution is 2.25. The molecule has 1 amide bonds. The first kappa shape index (κ1) is 15.3. The van der Waals surface area contributed by atoms with E-state index in [-0.39, 0.29) is 17.4 Å². The van der Waals surface area contributed by atoms with E-state index in [0.717, 1.165) is 6.42 Å². The second-order valence-corrected chi connectivity index (χ2v) is 5.52. The Hall–Kier alpha value is -1.75. The molecule has 0 saturated heterocycles. The lowest BCUT2D eigenvalue weighted by Gasteiger charge is -2.31. The molecule has 1 rings (SSSR count). The Morgan fingerprint density at radius 1 is 1.37 bits per heavy atom. The zero-order valence-corrected chi connectivity index (χ0v) is 11.6. The van der Waals surface area contributed by atoms with Gasteiger partial charge >= 0.3 is 0 Å². The molecular formula is C14H22N2O3. The average Bonchev–Trinajstić information content (AvgIpc) is 2.31. The molecule has 1 aromatic rings. The van der Waals surface area contributed by atoms with E-state index in [1.807, 2.05) is 6.92 Å². The highest BCUT2D eigenvalue weighted by atomic mass is 16.3. The first-order chi connectivity index (χ1) is 8.77. The summed E-state index contributed by atoms with van der Waals surface area (Å²) >= 11 is 0. The van der Waals surface area contributed by atoms with Crippen LogP contribution in [0, 0.1) is 5.92 Å². The van der Waals surface area contributed by atoms with E-state index in [0.29, 0.717) is 18.0 Å². The summed E-state index contributed by atoms with van der Waals surface area (Å²) in [5, 5.41) is 21.5. The maximum atomic E-state index is 12.1. The summed E-state index contributed by atoms with van der Waals surface area (Å²) in [6, 6.07) is 3.97. The van der Waals surface area contributed by atoms with Crippen LogP contribution in [-0.2, 0) is 0 Å². The van der Waals surface area contributed by atoms with Crippen molar-refractivity contribution in [2.24, 2.45) is 11.7 Å². The van der Waals surface area contributed by atoms with Crippen LogP contribution in [0.5, 0.6) is 11.5 Å². The lowest BCUT2D eigenvalue weighted by molar-refractivity contribution is 0.0898. The van der Waals surface area contributed by atoms with Crippen LogP contribution in [0.15, 0.2) is 18.2 Å². The monoisotopic (exact) mass is 266 g/mol. The lowest BCUT2D eigenvalue weighted by Crippen LogP contribution is -2.52. The molecule has 5 nitrogen and oxygen atoms in total. The molecule has 5 heteroatoms. The largest absolute Gasteiger partial charge is 0.504 e. The summed E-state index contributed by atoms with van der Waals surface area (Å²) in [5.74, 6) is -0.475. The Bertz CT molecular complexity index is 460. The first-order valence-corrected chi connectivity index (χ1v) is 6.32. The van der Waals surface area contributed by atoms with Gasteiger partial charge in [-0.05, 0) is 37.5 Å². The highest BCUT2D eigenvalue weighted by molar-refractivity contribution is 5.95. The number of nitrogens with two attached hydrogens (primary N) is 1. The van der Waals surface area contributed by atoms with E-state index < -0.39 is 5.54 Å². The number of rotatable bonds is 5. The van der Waals surface area contributed by atoms with Crippen molar-refractivity contribution in [3.63, 3.8) is 0 Å². The molecule has 1 atom stereocenters. The van der Waals surface area contributed by atoms with Crippen LogP contribution in [-0.4, -0.2) is 28.2 Å². The van der Waals surface area contributed by atoms with Gasteiger partial charge in [0.2, 0.25) is 0 Å². The van der Waals surface area contributed by atoms with Gasteiger partial charge in [0.25, 0.3) is 5.91 Å². The fourth-order valence-electron chi connectivity index (χ4n) is 2.10. The lowest BCUT2D eigenvalue weighted by atomic mass is 9.90. The number of hydrogen-bond acceptors (Lipinski definition) is 4. The summed E-state index contributed by atoms with van der Waals surface area (Å²) in [4.78, 5) is 12.1. The third-order valence-corrected chi connectivity index (χ3v) is 2.96. The molecule has 1 aromatic carbocycles. The number of nitrogens with one attached hydrogen (secondary N) is 1. The minimum absolute atomic E-state index is 0.250. The molecule has 106 valence electrons. The molecule has 5 N–H and O–H groups in total. The number of amides is 1. The Morgan fingerprint density at radius 3 is 2.47 bits per heavy atom. The van der Waals surface area contributed by atoms with Crippen molar-refractivity contribution in [3.8, 4) is 11.5 Å². The number of benzene rings is 1. The summed E-state index contributed by atoms with van der Waals surface area (Å²) in [6.45, 7) is 6.35. The third kappa shape index (κ3) is 4.13. The molecule has 0 saturated carbocycles. The molecular weight excluding hydrogens is 244 g/mol. The molecule has 0 fully saturated rings. The molecule has 1 unspecified atom stereocenters. The van der Waals surface area contributed by atoms with E-state index in [1.54, 1.807) is 0 Å². The molecule has 0 radical (unpaired) electrons. The zero-order valence-electron chi connectivity index (χ0n) is 11.6. The Balaban J connectivity index is 2.85. The van der Waals surface area contributed by atoms with E-state index in [2.05, 4.69) is 19.2 Å². The second kappa shape index (κ2) is 5.93. The summed E-state index contributed by atoms with van der Waals surface area (Å²) < 4.78 is 0. The first-order valence-electron chi connectivity index (χ1n) is 6.32. The van der Waals surface area contributed by atoms with Crippen molar-refractivity contribution in [2.45, 2.75) is 32.7 Å². The van der Waals surface area contributed by atoms with E-state index in [1.165, 1.54) is 18.2 Å². The molecule has 0 heterocycles. The average molecular weight is 266 g/mol. The van der Waals surface area contributed by atoms with Gasteiger partial charge in [-0.3, -0.25) is 4.79 Å². The van der Waals surface area contributed by atoms with E-state index in [9.17, 15) is 15.0 Å². The van der Waals surface area contributed by atoms with Crippen LogP contribution < -0.4 is 11.1 Å². The van der Waals surface area contributed by atoms with Gasteiger partial charge in [0.1, 0.15) is 0 Å². The smallest absolute Gasteiger partial charge is 0.251 e. The molecule has 0 aliphatic carbocycles. The Kier molecular flexibility index (Phi) is 4.78. The SMILES string of the molecule is CC(C)CC(C)(CN)NC(=O)c1ccc(O)c(O)c1. The fourth-order valence-corrected chi connectivity index (χ4v) is 2.10. The van der Waals surface area contributed by atoms with Crippen LogP contribution in [0.2, 0.25) is 0 Å². The van der Waals surface area contributed by atoms with Crippen molar-refractivity contribution in [1.82, 2.24) is 5.32 Å².